The number of nitrogens with two attached hydrogens (primary N) is 1. The quantitative estimate of drug-likeness (QED) is 0.813. The summed E-state index contributed by atoms with van der Waals surface area (Å²) < 4.78 is 0. The second-order valence-electron chi connectivity index (χ2n) is 3.91. The number of nitrogens with one attached hydrogen (secondary N) is 1. The first-order chi connectivity index (χ1) is 7.11. The smallest absolute Gasteiger partial charge is 0.145 e. The van der Waals surface area contributed by atoms with E-state index in [1.165, 1.54) is 0 Å². The molecule has 1 atom stereocenters. The molecule has 1 heterocycles. The Kier molecular flexibility index (Phi) is 4.36. The highest BCUT2D eigenvalue weighted by molar-refractivity contribution is 6.32. The maximum atomic E-state index is 6.03. The molecule has 1 rings (SSSR count). The molecule has 0 aromatic carbocycles. The highest BCUT2D eigenvalue weighted by Gasteiger charge is 2.21. The van der Waals surface area contributed by atoms with Gasteiger partial charge in [-0.1, -0.05) is 18.5 Å². The first-order valence-corrected chi connectivity index (χ1v) is 5.58. The molecule has 0 amide bonds. The molecule has 0 saturated heterocycles. The van der Waals surface area contributed by atoms with E-state index >= 15 is 0 Å². The number of pyridine rings is 1. The number of hydrogen-bond acceptors (Lipinski definition) is 3. The van der Waals surface area contributed by atoms with Crippen LogP contribution in [0.4, 0.5) is 5.82 Å². The lowest BCUT2D eigenvalue weighted by atomic mass is 9.94. The molecule has 0 aliphatic heterocycles. The van der Waals surface area contributed by atoms with Crippen LogP contribution in [-0.4, -0.2) is 17.1 Å². The molecule has 0 saturated carbocycles. The van der Waals surface area contributed by atoms with Crippen LogP contribution in [0.3, 0.4) is 0 Å². The van der Waals surface area contributed by atoms with Gasteiger partial charge in [-0.25, -0.2) is 4.98 Å². The Morgan fingerprint density at radius 2 is 2.33 bits per heavy atom. The van der Waals surface area contributed by atoms with Crippen LogP contribution in [0.1, 0.15) is 26.7 Å². The van der Waals surface area contributed by atoms with Gasteiger partial charge in [-0.05, 0) is 38.4 Å². The van der Waals surface area contributed by atoms with Gasteiger partial charge in [-0.3, -0.25) is 0 Å². The minimum Gasteiger partial charge on any atom is -0.364 e. The van der Waals surface area contributed by atoms with Crippen LogP contribution in [-0.2, 0) is 0 Å². The fourth-order valence-corrected chi connectivity index (χ4v) is 1.58. The van der Waals surface area contributed by atoms with Gasteiger partial charge in [-0.2, -0.15) is 0 Å². The summed E-state index contributed by atoms with van der Waals surface area (Å²) in [5.41, 5.74) is 5.55. The second-order valence-corrected chi connectivity index (χ2v) is 4.32. The van der Waals surface area contributed by atoms with E-state index in [-0.39, 0.29) is 5.54 Å². The molecule has 1 aromatic rings. The van der Waals surface area contributed by atoms with E-state index in [4.69, 9.17) is 17.3 Å². The fraction of sp³-hybridized carbons (Fsp3) is 0.545. The summed E-state index contributed by atoms with van der Waals surface area (Å²) in [4.78, 5) is 4.21. The van der Waals surface area contributed by atoms with E-state index in [1.54, 1.807) is 6.20 Å². The number of aromatic nitrogens is 1. The molecule has 1 aromatic heterocycles. The third-order valence-electron chi connectivity index (χ3n) is 2.66. The highest BCUT2D eigenvalue weighted by atomic mass is 35.5. The molecule has 0 spiro atoms. The number of nitrogens with zero attached hydrogens (tertiary/aromatic N) is 1. The Morgan fingerprint density at radius 1 is 1.60 bits per heavy atom. The number of hydrogen-bond donors (Lipinski definition) is 2. The zero-order chi connectivity index (χ0) is 11.3. The maximum absolute atomic E-state index is 6.03. The average molecular weight is 228 g/mol. The van der Waals surface area contributed by atoms with Crippen LogP contribution in [0, 0.1) is 0 Å². The monoisotopic (exact) mass is 227 g/mol. The number of halogens is 1. The van der Waals surface area contributed by atoms with E-state index in [2.05, 4.69) is 24.1 Å². The molecule has 3 N–H and O–H groups in total. The first-order valence-electron chi connectivity index (χ1n) is 5.20. The van der Waals surface area contributed by atoms with Crippen molar-refractivity contribution in [3.63, 3.8) is 0 Å². The van der Waals surface area contributed by atoms with Crippen LogP contribution in [0.2, 0.25) is 5.02 Å². The summed E-state index contributed by atoms with van der Waals surface area (Å²) in [6.07, 6.45) is 3.61. The molecule has 4 heteroatoms. The zero-order valence-corrected chi connectivity index (χ0v) is 10.0. The van der Waals surface area contributed by atoms with E-state index in [0.29, 0.717) is 11.6 Å². The summed E-state index contributed by atoms with van der Waals surface area (Å²) in [6.45, 7) is 4.91. The molecule has 0 bridgehead atoms. The Morgan fingerprint density at radius 3 is 2.87 bits per heavy atom. The van der Waals surface area contributed by atoms with E-state index in [0.717, 1.165) is 18.7 Å². The molecule has 84 valence electrons. The molecular weight excluding hydrogens is 210 g/mol. The van der Waals surface area contributed by atoms with E-state index in [9.17, 15) is 0 Å². The van der Waals surface area contributed by atoms with Gasteiger partial charge in [-0.15, -0.1) is 0 Å². The summed E-state index contributed by atoms with van der Waals surface area (Å²) in [6, 6.07) is 3.65. The Bertz CT molecular complexity index is 316. The normalized spacial score (nSPS) is 14.7. The Balaban J connectivity index is 2.79. The minimum absolute atomic E-state index is 0.0350. The summed E-state index contributed by atoms with van der Waals surface area (Å²) in [5, 5.41) is 4.00. The van der Waals surface area contributed by atoms with Crippen LogP contribution in [0.25, 0.3) is 0 Å². The molecule has 15 heavy (non-hydrogen) atoms. The van der Waals surface area contributed by atoms with Crippen LogP contribution < -0.4 is 11.1 Å². The molecule has 0 aliphatic rings. The molecule has 0 aliphatic carbocycles. The topological polar surface area (TPSA) is 50.9 Å². The lowest BCUT2D eigenvalue weighted by molar-refractivity contribution is 0.462. The largest absolute Gasteiger partial charge is 0.364 e. The van der Waals surface area contributed by atoms with Crippen molar-refractivity contribution in [1.29, 1.82) is 0 Å². The predicted octanol–water partition coefficient (Wildman–Crippen LogP) is 2.66. The van der Waals surface area contributed by atoms with Gasteiger partial charge in [0.1, 0.15) is 5.82 Å². The lowest BCUT2D eigenvalue weighted by Gasteiger charge is -2.30. The first kappa shape index (κ1) is 12.3. The standard InChI is InChI=1S/C11H18ClN3/c1-3-11(2,6-7-13)15-10-9(12)5-4-8-14-10/h4-5,8H,3,6-7,13H2,1-2H3,(H,14,15). The second kappa shape index (κ2) is 5.33. The van der Waals surface area contributed by atoms with Crippen molar-refractivity contribution in [3.05, 3.63) is 23.4 Å². The third kappa shape index (κ3) is 3.36. The summed E-state index contributed by atoms with van der Waals surface area (Å²) in [5.74, 6) is 0.733. The molecule has 0 fully saturated rings. The van der Waals surface area contributed by atoms with Gasteiger partial charge in [0, 0.05) is 11.7 Å². The van der Waals surface area contributed by atoms with E-state index < -0.39 is 0 Å². The molecule has 0 radical (unpaired) electrons. The van der Waals surface area contributed by atoms with Crippen molar-refractivity contribution in [2.24, 2.45) is 5.73 Å². The predicted molar refractivity (Wildman–Crippen MR) is 65.2 cm³/mol. The summed E-state index contributed by atoms with van der Waals surface area (Å²) >= 11 is 6.03. The van der Waals surface area contributed by atoms with Gasteiger partial charge in [0.2, 0.25) is 0 Å². The van der Waals surface area contributed by atoms with Crippen molar-refractivity contribution < 1.29 is 0 Å². The average Bonchev–Trinajstić information content (AvgIpc) is 2.22. The zero-order valence-electron chi connectivity index (χ0n) is 9.26. The van der Waals surface area contributed by atoms with Crippen molar-refractivity contribution in [2.75, 3.05) is 11.9 Å². The molecule has 3 nitrogen and oxygen atoms in total. The van der Waals surface area contributed by atoms with Crippen molar-refractivity contribution >= 4 is 17.4 Å². The van der Waals surface area contributed by atoms with E-state index in [1.807, 2.05) is 12.1 Å². The van der Waals surface area contributed by atoms with Crippen molar-refractivity contribution in [3.8, 4) is 0 Å². The highest BCUT2D eigenvalue weighted by Crippen LogP contribution is 2.25. The fourth-order valence-electron chi connectivity index (χ4n) is 1.41. The van der Waals surface area contributed by atoms with Crippen LogP contribution >= 0.6 is 11.6 Å². The lowest BCUT2D eigenvalue weighted by Crippen LogP contribution is -2.36. The number of rotatable bonds is 5. The maximum Gasteiger partial charge on any atom is 0.145 e. The van der Waals surface area contributed by atoms with Crippen molar-refractivity contribution in [2.45, 2.75) is 32.2 Å². The van der Waals surface area contributed by atoms with Crippen LogP contribution in [0.5, 0.6) is 0 Å². The SMILES string of the molecule is CCC(C)(CCN)Nc1ncccc1Cl. The molecular formula is C11H18ClN3. The Labute approximate surface area is 96.0 Å². The molecule has 1 unspecified atom stereocenters. The van der Waals surface area contributed by atoms with Gasteiger partial charge in [0.25, 0.3) is 0 Å². The minimum atomic E-state index is -0.0350. The van der Waals surface area contributed by atoms with Crippen LogP contribution in [0.15, 0.2) is 18.3 Å². The van der Waals surface area contributed by atoms with Gasteiger partial charge >= 0.3 is 0 Å². The van der Waals surface area contributed by atoms with Gasteiger partial charge in [0.05, 0.1) is 5.02 Å². The van der Waals surface area contributed by atoms with Gasteiger partial charge in [0.15, 0.2) is 0 Å². The summed E-state index contributed by atoms with van der Waals surface area (Å²) in [7, 11) is 0. The Hall–Kier alpha value is -0.800. The third-order valence-corrected chi connectivity index (χ3v) is 2.96. The number of anilines is 1. The van der Waals surface area contributed by atoms with Gasteiger partial charge < -0.3 is 11.1 Å². The van der Waals surface area contributed by atoms with Crippen molar-refractivity contribution in [1.82, 2.24) is 4.98 Å².